The molecule has 0 N–H and O–H groups in total. The maximum atomic E-state index is 13.5. The number of carbonyl (C=O) groups is 2. The van der Waals surface area contributed by atoms with Crippen molar-refractivity contribution in [3.8, 4) is 11.5 Å². The van der Waals surface area contributed by atoms with Crippen LogP contribution in [-0.2, 0) is 19.4 Å². The van der Waals surface area contributed by atoms with Crippen LogP contribution in [0.3, 0.4) is 0 Å². The highest BCUT2D eigenvalue weighted by Crippen LogP contribution is 2.28. The molecule has 5 rings (SSSR count). The molecule has 0 atom stereocenters. The maximum Gasteiger partial charge on any atom is 0.261 e. The summed E-state index contributed by atoms with van der Waals surface area (Å²) in [4.78, 5) is 45.3. The van der Waals surface area contributed by atoms with Crippen molar-refractivity contribution in [2.24, 2.45) is 0 Å². The zero-order valence-corrected chi connectivity index (χ0v) is 21.0. The summed E-state index contributed by atoms with van der Waals surface area (Å²) in [6.07, 6.45) is 0.815. The van der Waals surface area contributed by atoms with Crippen molar-refractivity contribution in [1.82, 2.24) is 14.5 Å². The van der Waals surface area contributed by atoms with Gasteiger partial charge in [-0.3, -0.25) is 23.9 Å². The number of aryl methyl sites for hydroxylation is 2. The SMILES string of the molecule is COc1ccc(CCn2c(CCN3C(=O)c4ccccc4C3=O)nc3cc(C)ccc3c2=O)cc1OC. The molecule has 1 aliphatic rings. The van der Waals surface area contributed by atoms with Crippen molar-refractivity contribution >= 4 is 22.7 Å². The summed E-state index contributed by atoms with van der Waals surface area (Å²) in [7, 11) is 3.17. The van der Waals surface area contributed by atoms with Crippen LogP contribution in [0, 0.1) is 6.92 Å². The highest BCUT2D eigenvalue weighted by Gasteiger charge is 2.34. The van der Waals surface area contributed by atoms with E-state index in [-0.39, 0.29) is 30.3 Å². The third kappa shape index (κ3) is 4.46. The average molecular weight is 498 g/mol. The van der Waals surface area contributed by atoms with Crippen molar-refractivity contribution in [3.63, 3.8) is 0 Å². The number of rotatable bonds is 8. The highest BCUT2D eigenvalue weighted by molar-refractivity contribution is 6.21. The molecule has 8 nitrogen and oxygen atoms in total. The first-order valence-electron chi connectivity index (χ1n) is 12.1. The first-order valence-corrected chi connectivity index (χ1v) is 12.1. The van der Waals surface area contributed by atoms with Gasteiger partial charge in [-0.05, 0) is 60.9 Å². The molecule has 0 bridgehead atoms. The zero-order chi connectivity index (χ0) is 26.1. The number of hydrogen-bond acceptors (Lipinski definition) is 6. The minimum Gasteiger partial charge on any atom is -0.493 e. The van der Waals surface area contributed by atoms with Crippen LogP contribution in [0.2, 0.25) is 0 Å². The van der Waals surface area contributed by atoms with Crippen molar-refractivity contribution in [2.75, 3.05) is 20.8 Å². The fourth-order valence-electron chi connectivity index (χ4n) is 4.73. The zero-order valence-electron chi connectivity index (χ0n) is 21.0. The van der Waals surface area contributed by atoms with Gasteiger partial charge in [0.25, 0.3) is 17.4 Å². The van der Waals surface area contributed by atoms with Crippen molar-refractivity contribution in [3.05, 3.63) is 99.1 Å². The second kappa shape index (κ2) is 9.89. The summed E-state index contributed by atoms with van der Waals surface area (Å²) >= 11 is 0. The Morgan fingerprint density at radius 1 is 0.784 bits per heavy atom. The number of carbonyl (C=O) groups excluding carboxylic acids is 2. The largest absolute Gasteiger partial charge is 0.493 e. The Bertz CT molecular complexity index is 1560. The third-order valence-corrected chi connectivity index (χ3v) is 6.70. The Hall–Kier alpha value is -4.46. The van der Waals surface area contributed by atoms with Gasteiger partial charge in [-0.1, -0.05) is 24.3 Å². The topological polar surface area (TPSA) is 90.7 Å². The summed E-state index contributed by atoms with van der Waals surface area (Å²) in [5.41, 5.74) is 3.22. The average Bonchev–Trinajstić information content (AvgIpc) is 3.15. The number of methoxy groups -OCH3 is 2. The summed E-state index contributed by atoms with van der Waals surface area (Å²) in [6.45, 7) is 2.46. The fourth-order valence-corrected chi connectivity index (χ4v) is 4.73. The van der Waals surface area contributed by atoms with Crippen LogP contribution in [0.5, 0.6) is 11.5 Å². The van der Waals surface area contributed by atoms with Gasteiger partial charge in [0.2, 0.25) is 0 Å². The predicted molar refractivity (Wildman–Crippen MR) is 140 cm³/mol. The summed E-state index contributed by atoms with van der Waals surface area (Å²) in [5.74, 6) is 1.13. The van der Waals surface area contributed by atoms with Gasteiger partial charge >= 0.3 is 0 Å². The molecule has 37 heavy (non-hydrogen) atoms. The highest BCUT2D eigenvalue weighted by atomic mass is 16.5. The minimum atomic E-state index is -0.323. The molecule has 2 heterocycles. The van der Waals surface area contributed by atoms with Crippen molar-refractivity contribution < 1.29 is 19.1 Å². The van der Waals surface area contributed by atoms with Crippen molar-refractivity contribution in [2.45, 2.75) is 26.3 Å². The Balaban J connectivity index is 1.46. The lowest BCUT2D eigenvalue weighted by molar-refractivity contribution is 0.0655. The van der Waals surface area contributed by atoms with Crippen LogP contribution in [0.4, 0.5) is 0 Å². The van der Waals surface area contributed by atoms with E-state index in [1.165, 1.54) is 4.90 Å². The monoisotopic (exact) mass is 497 g/mol. The molecule has 0 spiro atoms. The van der Waals surface area contributed by atoms with E-state index in [1.807, 2.05) is 37.3 Å². The second-order valence-electron chi connectivity index (χ2n) is 9.00. The van der Waals surface area contributed by atoms with Crippen LogP contribution in [-0.4, -0.2) is 47.0 Å². The number of ether oxygens (including phenoxy) is 2. The van der Waals surface area contributed by atoms with Gasteiger partial charge in [0.05, 0.1) is 36.2 Å². The molecule has 1 aromatic heterocycles. The molecule has 0 radical (unpaired) electrons. The molecule has 188 valence electrons. The molecule has 0 saturated carbocycles. The molecular weight excluding hydrogens is 470 g/mol. The van der Waals surface area contributed by atoms with Gasteiger partial charge in [0, 0.05) is 19.5 Å². The smallest absolute Gasteiger partial charge is 0.261 e. The Morgan fingerprint density at radius 3 is 2.16 bits per heavy atom. The molecule has 4 aromatic rings. The van der Waals surface area contributed by atoms with E-state index < -0.39 is 0 Å². The first kappa shape index (κ1) is 24.2. The van der Waals surface area contributed by atoms with Crippen LogP contribution in [0.15, 0.2) is 65.5 Å². The summed E-state index contributed by atoms with van der Waals surface area (Å²) in [5, 5.41) is 0.530. The van der Waals surface area contributed by atoms with Gasteiger partial charge < -0.3 is 9.47 Å². The fraction of sp³-hybridized carbons (Fsp3) is 0.241. The van der Waals surface area contributed by atoms with E-state index in [0.29, 0.717) is 52.3 Å². The van der Waals surface area contributed by atoms with E-state index in [9.17, 15) is 14.4 Å². The molecular formula is C29H27N3O5. The lowest BCUT2D eigenvalue weighted by Gasteiger charge is -2.17. The number of nitrogens with zero attached hydrogens (tertiary/aromatic N) is 3. The summed E-state index contributed by atoms with van der Waals surface area (Å²) < 4.78 is 12.4. The number of amides is 2. The van der Waals surface area contributed by atoms with Gasteiger partial charge in [-0.2, -0.15) is 0 Å². The third-order valence-electron chi connectivity index (χ3n) is 6.70. The van der Waals surface area contributed by atoms with Gasteiger partial charge in [-0.15, -0.1) is 0 Å². The molecule has 8 heteroatoms. The molecule has 1 aliphatic heterocycles. The summed E-state index contributed by atoms with van der Waals surface area (Å²) in [6, 6.07) is 18.0. The van der Waals surface area contributed by atoms with E-state index in [1.54, 1.807) is 49.1 Å². The van der Waals surface area contributed by atoms with Gasteiger partial charge in [0.1, 0.15) is 5.82 Å². The van der Waals surface area contributed by atoms with E-state index in [4.69, 9.17) is 14.5 Å². The molecule has 0 unspecified atom stereocenters. The Labute approximate surface area is 214 Å². The molecule has 0 fully saturated rings. The normalized spacial score (nSPS) is 12.8. The second-order valence-corrected chi connectivity index (χ2v) is 9.00. The quantitative estimate of drug-likeness (QED) is 0.344. The van der Waals surface area contributed by atoms with E-state index >= 15 is 0 Å². The number of benzene rings is 3. The van der Waals surface area contributed by atoms with Gasteiger partial charge in [0.15, 0.2) is 11.5 Å². The van der Waals surface area contributed by atoms with Crippen LogP contribution >= 0.6 is 0 Å². The standard InChI is InChI=1S/C29H27N3O5/c1-18-8-10-22-23(16-18)30-26(13-15-32-27(33)20-6-4-5-7-21(20)28(32)34)31(29(22)35)14-12-19-9-11-24(36-2)25(17-19)37-3/h4-11,16-17H,12-15H2,1-3H3. The van der Waals surface area contributed by atoms with E-state index in [2.05, 4.69) is 0 Å². The lowest BCUT2D eigenvalue weighted by Crippen LogP contribution is -2.34. The number of hydrogen-bond donors (Lipinski definition) is 0. The predicted octanol–water partition coefficient (Wildman–Crippen LogP) is 3.80. The number of imide groups is 1. The number of fused-ring (bicyclic) bond motifs is 2. The van der Waals surface area contributed by atoms with E-state index in [0.717, 1.165) is 11.1 Å². The molecule has 0 aliphatic carbocycles. The van der Waals surface area contributed by atoms with Gasteiger partial charge in [-0.25, -0.2) is 4.98 Å². The first-order chi connectivity index (χ1) is 17.9. The Kier molecular flexibility index (Phi) is 6.48. The van der Waals surface area contributed by atoms with Crippen LogP contribution < -0.4 is 15.0 Å². The Morgan fingerprint density at radius 2 is 1.49 bits per heavy atom. The minimum absolute atomic E-state index is 0.131. The van der Waals surface area contributed by atoms with Crippen LogP contribution in [0.1, 0.15) is 37.7 Å². The lowest BCUT2D eigenvalue weighted by atomic mass is 10.1. The van der Waals surface area contributed by atoms with Crippen LogP contribution in [0.25, 0.3) is 10.9 Å². The molecule has 3 aromatic carbocycles. The molecule has 0 saturated heterocycles. The maximum absolute atomic E-state index is 13.5. The number of aromatic nitrogens is 2. The van der Waals surface area contributed by atoms with Crippen molar-refractivity contribution in [1.29, 1.82) is 0 Å². The molecule has 2 amide bonds.